The van der Waals surface area contributed by atoms with Gasteiger partial charge in [-0.25, -0.2) is 9.59 Å². The average molecular weight is 705 g/mol. The molecule has 0 aliphatic carbocycles. The van der Waals surface area contributed by atoms with Crippen molar-refractivity contribution in [1.82, 2.24) is 5.32 Å². The Bertz CT molecular complexity index is 1770. The predicted molar refractivity (Wildman–Crippen MR) is 185 cm³/mol. The normalized spacial score (nSPS) is 11.7. The number of halogens is 3. The maximum Gasteiger partial charge on any atom is 0.416 e. The molecule has 3 N–H and O–H groups in total. The summed E-state index contributed by atoms with van der Waals surface area (Å²) in [5, 5.41) is 14.8. The number of carboxylic acid groups (broad SMARTS) is 1. The fourth-order valence-electron chi connectivity index (χ4n) is 5.07. The first-order valence-electron chi connectivity index (χ1n) is 16.5. The topological polar surface area (TPSA) is 131 Å². The fourth-order valence-corrected chi connectivity index (χ4v) is 5.07. The minimum Gasteiger partial charge on any atom is -0.494 e. The predicted octanol–water partition coefficient (Wildman–Crippen LogP) is 7.88. The molecule has 4 rings (SSSR count). The number of alkyl halides is 3. The van der Waals surface area contributed by atoms with E-state index in [0.717, 1.165) is 25.0 Å². The molecule has 2 amide bonds. The summed E-state index contributed by atoms with van der Waals surface area (Å²) < 4.78 is 50.1. The molecular formula is C39H39F3N2O7. The van der Waals surface area contributed by atoms with E-state index in [0.29, 0.717) is 29.2 Å². The van der Waals surface area contributed by atoms with E-state index in [1.165, 1.54) is 67.8 Å². The van der Waals surface area contributed by atoms with E-state index >= 15 is 0 Å². The summed E-state index contributed by atoms with van der Waals surface area (Å²) in [6.45, 7) is 2.78. The van der Waals surface area contributed by atoms with Gasteiger partial charge in [-0.05, 0) is 84.3 Å². The highest BCUT2D eigenvalue weighted by Crippen LogP contribution is 2.29. The van der Waals surface area contributed by atoms with Gasteiger partial charge in [0, 0.05) is 17.7 Å². The van der Waals surface area contributed by atoms with Crippen LogP contribution in [0.1, 0.15) is 76.4 Å². The number of esters is 1. The van der Waals surface area contributed by atoms with Crippen molar-refractivity contribution in [2.24, 2.45) is 0 Å². The summed E-state index contributed by atoms with van der Waals surface area (Å²) in [7, 11) is 0. The zero-order valence-corrected chi connectivity index (χ0v) is 28.0. The Morgan fingerprint density at radius 1 is 0.765 bits per heavy atom. The molecule has 0 saturated heterocycles. The molecule has 9 nitrogen and oxygen atoms in total. The van der Waals surface area contributed by atoms with Crippen LogP contribution in [-0.2, 0) is 28.6 Å². The monoisotopic (exact) mass is 704 g/mol. The number of carboxylic acids is 1. The number of ether oxygens (including phenoxy) is 2. The van der Waals surface area contributed by atoms with Crippen LogP contribution in [0.3, 0.4) is 0 Å². The molecule has 268 valence electrons. The van der Waals surface area contributed by atoms with Gasteiger partial charge in [0.05, 0.1) is 24.2 Å². The number of rotatable bonds is 17. The molecule has 12 heteroatoms. The first-order chi connectivity index (χ1) is 24.4. The number of hydrogen-bond acceptors (Lipinski definition) is 6. The van der Waals surface area contributed by atoms with Gasteiger partial charge in [-0.15, -0.1) is 0 Å². The molecule has 4 aromatic rings. The summed E-state index contributed by atoms with van der Waals surface area (Å²) in [5.74, 6) is -2.12. The Morgan fingerprint density at radius 3 is 2.06 bits per heavy atom. The van der Waals surface area contributed by atoms with Crippen LogP contribution >= 0.6 is 0 Å². The van der Waals surface area contributed by atoms with Crippen molar-refractivity contribution in [3.05, 3.63) is 125 Å². The molecule has 0 bridgehead atoms. The van der Waals surface area contributed by atoms with Crippen LogP contribution in [0.5, 0.6) is 11.5 Å². The molecule has 1 atom stereocenters. The number of anilines is 1. The van der Waals surface area contributed by atoms with Crippen molar-refractivity contribution in [2.75, 3.05) is 11.9 Å². The molecular weight excluding hydrogens is 665 g/mol. The first kappa shape index (κ1) is 38.2. The Morgan fingerprint density at radius 2 is 1.41 bits per heavy atom. The lowest BCUT2D eigenvalue weighted by Gasteiger charge is -2.15. The molecule has 0 fully saturated rings. The minimum absolute atomic E-state index is 0.0565. The van der Waals surface area contributed by atoms with E-state index in [-0.39, 0.29) is 29.7 Å². The Hall–Kier alpha value is -5.65. The number of hydrogen-bond donors (Lipinski definition) is 3. The molecule has 0 saturated carbocycles. The molecule has 0 spiro atoms. The maximum atomic E-state index is 13.0. The number of aliphatic carboxylic acids is 1. The summed E-state index contributed by atoms with van der Waals surface area (Å²) in [6.07, 6.45) is 0.792. The van der Waals surface area contributed by atoms with E-state index in [2.05, 4.69) is 17.6 Å². The van der Waals surface area contributed by atoms with Crippen molar-refractivity contribution < 1.29 is 46.9 Å². The lowest BCUT2D eigenvalue weighted by atomic mass is 10.0. The third-order valence-corrected chi connectivity index (χ3v) is 7.83. The summed E-state index contributed by atoms with van der Waals surface area (Å²) >= 11 is 0. The second kappa shape index (κ2) is 18.4. The van der Waals surface area contributed by atoms with Gasteiger partial charge in [0.1, 0.15) is 17.5 Å². The van der Waals surface area contributed by atoms with Crippen molar-refractivity contribution in [2.45, 2.75) is 64.1 Å². The van der Waals surface area contributed by atoms with Crippen molar-refractivity contribution in [3.8, 4) is 11.5 Å². The van der Waals surface area contributed by atoms with Crippen LogP contribution in [0.15, 0.2) is 97.1 Å². The Balaban J connectivity index is 1.25. The van der Waals surface area contributed by atoms with E-state index in [1.807, 2.05) is 0 Å². The highest BCUT2D eigenvalue weighted by Gasteiger charge is 2.30. The molecule has 1 unspecified atom stereocenters. The highest BCUT2D eigenvalue weighted by atomic mass is 19.4. The van der Waals surface area contributed by atoms with Crippen LogP contribution in [-0.4, -0.2) is 41.5 Å². The molecule has 0 aromatic heterocycles. The van der Waals surface area contributed by atoms with Gasteiger partial charge >= 0.3 is 18.1 Å². The van der Waals surface area contributed by atoms with Gasteiger partial charge in [0.15, 0.2) is 0 Å². The lowest BCUT2D eigenvalue weighted by molar-refractivity contribution is -0.139. The number of carbonyl (C=O) groups excluding carboxylic acids is 3. The molecule has 51 heavy (non-hydrogen) atoms. The van der Waals surface area contributed by atoms with Gasteiger partial charge in [-0.3, -0.25) is 9.59 Å². The van der Waals surface area contributed by atoms with Crippen LogP contribution in [0.25, 0.3) is 0 Å². The molecule has 0 radical (unpaired) electrons. The number of nitrogens with one attached hydrogen (secondary N) is 2. The van der Waals surface area contributed by atoms with Crippen LogP contribution < -0.4 is 20.1 Å². The lowest BCUT2D eigenvalue weighted by Crippen LogP contribution is -2.42. The third kappa shape index (κ3) is 12.3. The average Bonchev–Trinajstić information content (AvgIpc) is 3.10. The molecule has 0 aliphatic heterocycles. The maximum absolute atomic E-state index is 13.0. The van der Waals surface area contributed by atoms with E-state index in [4.69, 9.17) is 9.47 Å². The van der Waals surface area contributed by atoms with Crippen molar-refractivity contribution in [1.29, 1.82) is 0 Å². The quantitative estimate of drug-likeness (QED) is 0.0579. The van der Waals surface area contributed by atoms with E-state index in [9.17, 15) is 37.5 Å². The Labute approximate surface area is 293 Å². The zero-order chi connectivity index (χ0) is 36.8. The van der Waals surface area contributed by atoms with Gasteiger partial charge in [0.2, 0.25) is 5.91 Å². The zero-order valence-electron chi connectivity index (χ0n) is 28.0. The first-order valence-corrected chi connectivity index (χ1v) is 16.5. The summed E-state index contributed by atoms with van der Waals surface area (Å²) in [5.41, 5.74) is 0.665. The van der Waals surface area contributed by atoms with Gasteiger partial charge in [-0.2, -0.15) is 13.2 Å². The van der Waals surface area contributed by atoms with Gasteiger partial charge in [0.25, 0.3) is 5.91 Å². The number of benzene rings is 4. The van der Waals surface area contributed by atoms with Crippen LogP contribution in [0, 0.1) is 0 Å². The van der Waals surface area contributed by atoms with E-state index < -0.39 is 41.5 Å². The van der Waals surface area contributed by atoms with Crippen molar-refractivity contribution >= 4 is 29.4 Å². The SMILES string of the molecule is CCCCCCCOc1ccc(C(=O)Oc2ccc(CC(NC(=O)c3ccc(NC(=O)Cc4cccc(C(F)(F)F)c4)cc3)C(=O)O)cc2)cc1. The summed E-state index contributed by atoms with van der Waals surface area (Å²) in [6, 6.07) is 21.7. The number of carbonyl (C=O) groups is 4. The summed E-state index contributed by atoms with van der Waals surface area (Å²) in [4.78, 5) is 49.9. The fraction of sp³-hybridized carbons (Fsp3) is 0.282. The number of amides is 2. The third-order valence-electron chi connectivity index (χ3n) is 7.83. The highest BCUT2D eigenvalue weighted by molar-refractivity contribution is 5.98. The van der Waals surface area contributed by atoms with E-state index in [1.54, 1.807) is 36.4 Å². The molecule has 0 heterocycles. The molecule has 0 aliphatic rings. The molecule has 4 aromatic carbocycles. The van der Waals surface area contributed by atoms with Crippen LogP contribution in [0.4, 0.5) is 18.9 Å². The van der Waals surface area contributed by atoms with Gasteiger partial charge < -0.3 is 25.2 Å². The standard InChI is InChI=1S/C39H39F3N2O7/c1-2-3-4-5-6-22-50-32-20-14-29(15-21-32)38(49)51-33-18-10-26(11-19-33)24-34(37(47)48)44-36(46)28-12-16-31(17-13-28)43-35(45)25-27-8-7-9-30(23-27)39(40,41)42/h7-21,23,34H,2-6,22,24-25H2,1H3,(H,43,45)(H,44,46)(H,47,48). The Kier molecular flexibility index (Phi) is 13.7. The van der Waals surface area contributed by atoms with Crippen molar-refractivity contribution in [3.63, 3.8) is 0 Å². The largest absolute Gasteiger partial charge is 0.494 e. The minimum atomic E-state index is -4.53. The number of unbranched alkanes of at least 4 members (excludes halogenated alkanes) is 4. The van der Waals surface area contributed by atoms with Crippen LogP contribution in [0.2, 0.25) is 0 Å². The smallest absolute Gasteiger partial charge is 0.416 e. The van der Waals surface area contributed by atoms with Gasteiger partial charge in [-0.1, -0.05) is 62.9 Å². The second-order valence-corrected chi connectivity index (χ2v) is 11.9. The second-order valence-electron chi connectivity index (χ2n) is 11.9.